The summed E-state index contributed by atoms with van der Waals surface area (Å²) >= 11 is 0. The van der Waals surface area contributed by atoms with Crippen molar-refractivity contribution in [3.63, 3.8) is 0 Å². The van der Waals surface area contributed by atoms with E-state index in [-0.39, 0.29) is 5.95 Å². The van der Waals surface area contributed by atoms with Crippen LogP contribution < -0.4 is 15.4 Å². The molecule has 19 heavy (non-hydrogen) atoms. The van der Waals surface area contributed by atoms with Gasteiger partial charge in [-0.3, -0.25) is 0 Å². The number of hydrogen-bond donors (Lipinski definition) is 1. The summed E-state index contributed by atoms with van der Waals surface area (Å²) in [5.74, 6) is 1.62. The maximum atomic E-state index is 5.72. The molecule has 1 fully saturated rings. The molecule has 1 aromatic rings. The summed E-state index contributed by atoms with van der Waals surface area (Å²) in [7, 11) is 0. The highest BCUT2D eigenvalue weighted by Crippen LogP contribution is 2.25. The van der Waals surface area contributed by atoms with Gasteiger partial charge < -0.3 is 15.4 Å². The number of hydrogen-bond acceptors (Lipinski definition) is 6. The molecule has 1 saturated heterocycles. The van der Waals surface area contributed by atoms with Crippen molar-refractivity contribution in [2.45, 2.75) is 39.5 Å². The minimum atomic E-state index is 0.232. The molecule has 0 radical (unpaired) electrons. The molecule has 2 heterocycles. The van der Waals surface area contributed by atoms with Crippen LogP contribution in [0.1, 0.15) is 39.5 Å². The minimum Gasteiger partial charge on any atom is -0.463 e. The van der Waals surface area contributed by atoms with Crippen molar-refractivity contribution >= 4 is 11.9 Å². The van der Waals surface area contributed by atoms with E-state index >= 15 is 0 Å². The average molecular weight is 265 g/mol. The molecule has 0 aromatic carbocycles. The summed E-state index contributed by atoms with van der Waals surface area (Å²) < 4.78 is 5.44. The molecule has 1 aromatic heterocycles. The van der Waals surface area contributed by atoms with E-state index < -0.39 is 0 Å². The lowest BCUT2D eigenvalue weighted by molar-refractivity contribution is 0.292. The van der Waals surface area contributed by atoms with E-state index in [1.165, 1.54) is 19.3 Å². The third-order valence-electron chi connectivity index (χ3n) is 3.32. The van der Waals surface area contributed by atoms with Crippen LogP contribution in [-0.4, -0.2) is 34.6 Å². The number of ether oxygens (including phenoxy) is 1. The van der Waals surface area contributed by atoms with Crippen LogP contribution in [0.5, 0.6) is 6.01 Å². The molecule has 1 atom stereocenters. The monoisotopic (exact) mass is 265 g/mol. The van der Waals surface area contributed by atoms with E-state index in [2.05, 4.69) is 26.8 Å². The van der Waals surface area contributed by atoms with Crippen LogP contribution in [-0.2, 0) is 0 Å². The first-order valence-corrected chi connectivity index (χ1v) is 7.12. The highest BCUT2D eigenvalue weighted by atomic mass is 16.5. The molecule has 1 unspecified atom stereocenters. The van der Waals surface area contributed by atoms with Crippen molar-refractivity contribution in [2.75, 3.05) is 30.3 Å². The molecular weight excluding hydrogens is 242 g/mol. The largest absolute Gasteiger partial charge is 0.463 e. The van der Waals surface area contributed by atoms with Gasteiger partial charge >= 0.3 is 6.01 Å². The molecule has 0 amide bonds. The lowest BCUT2D eigenvalue weighted by Crippen LogP contribution is -2.23. The Labute approximate surface area is 114 Å². The van der Waals surface area contributed by atoms with Gasteiger partial charge in [-0.05, 0) is 25.2 Å². The van der Waals surface area contributed by atoms with Crippen LogP contribution in [0.3, 0.4) is 0 Å². The summed E-state index contributed by atoms with van der Waals surface area (Å²) in [5.41, 5.74) is 5.72. The van der Waals surface area contributed by atoms with Gasteiger partial charge in [0.2, 0.25) is 11.9 Å². The molecular formula is C13H23N5O. The second kappa shape index (κ2) is 6.54. The minimum absolute atomic E-state index is 0.232. The Morgan fingerprint density at radius 2 is 2.11 bits per heavy atom. The van der Waals surface area contributed by atoms with Gasteiger partial charge in [0, 0.05) is 13.1 Å². The van der Waals surface area contributed by atoms with Crippen molar-refractivity contribution in [1.82, 2.24) is 15.0 Å². The zero-order chi connectivity index (χ0) is 13.7. The molecule has 1 aliphatic rings. The number of anilines is 2. The Morgan fingerprint density at radius 3 is 2.84 bits per heavy atom. The van der Waals surface area contributed by atoms with Crippen LogP contribution in [0.15, 0.2) is 0 Å². The summed E-state index contributed by atoms with van der Waals surface area (Å²) in [6.45, 7) is 6.86. The molecule has 0 bridgehead atoms. The number of nitrogens with zero attached hydrogens (tertiary/aromatic N) is 4. The summed E-state index contributed by atoms with van der Waals surface area (Å²) in [4.78, 5) is 14.8. The molecule has 1 aliphatic heterocycles. The van der Waals surface area contributed by atoms with Gasteiger partial charge in [-0.2, -0.15) is 15.0 Å². The van der Waals surface area contributed by atoms with Crippen LogP contribution in [0, 0.1) is 5.92 Å². The van der Waals surface area contributed by atoms with Crippen molar-refractivity contribution < 1.29 is 4.74 Å². The predicted octanol–water partition coefficient (Wildman–Crippen LogP) is 1.87. The Balaban J connectivity index is 2.05. The third-order valence-corrected chi connectivity index (χ3v) is 3.32. The van der Waals surface area contributed by atoms with E-state index in [1.54, 1.807) is 0 Å². The Morgan fingerprint density at radius 1 is 1.26 bits per heavy atom. The normalized spacial score (nSPS) is 18.8. The van der Waals surface area contributed by atoms with Gasteiger partial charge in [-0.1, -0.05) is 20.3 Å². The van der Waals surface area contributed by atoms with Crippen LogP contribution in [0.2, 0.25) is 0 Å². The molecule has 6 nitrogen and oxygen atoms in total. The van der Waals surface area contributed by atoms with Gasteiger partial charge in [0.05, 0.1) is 6.61 Å². The van der Waals surface area contributed by atoms with E-state index in [0.29, 0.717) is 18.6 Å². The van der Waals surface area contributed by atoms with Gasteiger partial charge in [-0.25, -0.2) is 0 Å². The van der Waals surface area contributed by atoms with Crippen molar-refractivity contribution in [3.8, 4) is 6.01 Å². The zero-order valence-corrected chi connectivity index (χ0v) is 11.8. The standard InChI is InChI=1S/C13H23N5O/c1-3-5-10-6-7-18(9-10)12-15-11(14)16-13(17-12)19-8-4-2/h10H,3-9H2,1-2H3,(H2,14,15,16,17). The lowest BCUT2D eigenvalue weighted by Gasteiger charge is -2.16. The van der Waals surface area contributed by atoms with Crippen LogP contribution in [0.4, 0.5) is 11.9 Å². The first-order chi connectivity index (χ1) is 9.22. The molecule has 0 spiro atoms. The maximum absolute atomic E-state index is 5.72. The topological polar surface area (TPSA) is 77.2 Å². The smallest absolute Gasteiger partial charge is 0.323 e. The van der Waals surface area contributed by atoms with E-state index in [0.717, 1.165) is 25.4 Å². The highest BCUT2D eigenvalue weighted by molar-refractivity contribution is 5.37. The Hall–Kier alpha value is -1.59. The summed E-state index contributed by atoms with van der Waals surface area (Å²) in [6.07, 6.45) is 4.60. The van der Waals surface area contributed by atoms with Crippen LogP contribution >= 0.6 is 0 Å². The van der Waals surface area contributed by atoms with Gasteiger partial charge in [0.15, 0.2) is 0 Å². The van der Waals surface area contributed by atoms with Gasteiger partial charge in [0.1, 0.15) is 0 Å². The second-order valence-corrected chi connectivity index (χ2v) is 5.01. The van der Waals surface area contributed by atoms with Gasteiger partial charge in [-0.15, -0.1) is 0 Å². The van der Waals surface area contributed by atoms with E-state index in [4.69, 9.17) is 10.5 Å². The summed E-state index contributed by atoms with van der Waals surface area (Å²) in [6, 6.07) is 0.336. The molecule has 2 rings (SSSR count). The molecule has 6 heteroatoms. The maximum Gasteiger partial charge on any atom is 0.323 e. The average Bonchev–Trinajstić information content (AvgIpc) is 2.85. The van der Waals surface area contributed by atoms with Crippen molar-refractivity contribution in [3.05, 3.63) is 0 Å². The molecule has 0 saturated carbocycles. The first-order valence-electron chi connectivity index (χ1n) is 7.12. The van der Waals surface area contributed by atoms with E-state index in [9.17, 15) is 0 Å². The fourth-order valence-electron chi connectivity index (χ4n) is 2.42. The Kier molecular flexibility index (Phi) is 4.76. The predicted molar refractivity (Wildman–Crippen MR) is 75.3 cm³/mol. The molecule has 0 aliphatic carbocycles. The van der Waals surface area contributed by atoms with Crippen LogP contribution in [0.25, 0.3) is 0 Å². The number of nitrogen functional groups attached to an aromatic ring is 1. The molecule has 2 N–H and O–H groups in total. The first kappa shape index (κ1) is 13.8. The fraction of sp³-hybridized carbons (Fsp3) is 0.769. The number of rotatable bonds is 6. The number of aromatic nitrogens is 3. The quantitative estimate of drug-likeness (QED) is 0.846. The third kappa shape index (κ3) is 3.68. The van der Waals surface area contributed by atoms with Crippen molar-refractivity contribution in [2.24, 2.45) is 5.92 Å². The van der Waals surface area contributed by atoms with E-state index in [1.807, 2.05) is 6.92 Å². The van der Waals surface area contributed by atoms with Crippen molar-refractivity contribution in [1.29, 1.82) is 0 Å². The SMILES string of the molecule is CCCOc1nc(N)nc(N2CCC(CCC)C2)n1. The van der Waals surface area contributed by atoms with Gasteiger partial charge in [0.25, 0.3) is 0 Å². The zero-order valence-electron chi connectivity index (χ0n) is 11.8. The lowest BCUT2D eigenvalue weighted by atomic mass is 10.0. The second-order valence-electron chi connectivity index (χ2n) is 5.01. The Bertz CT molecular complexity index is 412. The molecule has 106 valence electrons. The summed E-state index contributed by atoms with van der Waals surface area (Å²) in [5, 5.41) is 0. The number of nitrogens with two attached hydrogens (primary N) is 1. The fourth-order valence-corrected chi connectivity index (χ4v) is 2.42. The highest BCUT2D eigenvalue weighted by Gasteiger charge is 2.24.